The highest BCUT2D eigenvalue weighted by molar-refractivity contribution is 6.09. The Balaban J connectivity index is 2.42. The average molecular weight is 232 g/mol. The molecule has 0 fully saturated rings. The first-order valence-corrected chi connectivity index (χ1v) is 5.68. The van der Waals surface area contributed by atoms with Crippen LogP contribution in [-0.4, -0.2) is 31.0 Å². The zero-order valence-corrected chi connectivity index (χ0v) is 10.0. The van der Waals surface area contributed by atoms with E-state index in [1.807, 2.05) is 25.1 Å². The number of aromatic amines is 1. The van der Waals surface area contributed by atoms with Gasteiger partial charge in [-0.25, -0.2) is 0 Å². The second-order valence-corrected chi connectivity index (χ2v) is 3.80. The second-order valence-electron chi connectivity index (χ2n) is 3.80. The Morgan fingerprint density at radius 2 is 2.29 bits per heavy atom. The van der Waals surface area contributed by atoms with E-state index in [1.54, 1.807) is 13.2 Å². The molecule has 1 aromatic carbocycles. The van der Waals surface area contributed by atoms with E-state index in [1.165, 1.54) is 0 Å². The number of rotatable bonds is 5. The molecule has 0 radical (unpaired) electrons. The van der Waals surface area contributed by atoms with E-state index >= 15 is 0 Å². The van der Waals surface area contributed by atoms with Gasteiger partial charge in [-0.2, -0.15) is 0 Å². The maximum Gasteiger partial charge on any atom is 0.178 e. The number of H-pyrrole nitrogens is 1. The number of ether oxygens (including phenoxy) is 1. The van der Waals surface area contributed by atoms with Crippen LogP contribution in [0.5, 0.6) is 5.75 Å². The van der Waals surface area contributed by atoms with E-state index in [9.17, 15) is 4.79 Å². The molecule has 1 aromatic heterocycles. The van der Waals surface area contributed by atoms with Crippen molar-refractivity contribution in [3.05, 3.63) is 30.0 Å². The van der Waals surface area contributed by atoms with Crippen molar-refractivity contribution in [3.8, 4) is 5.75 Å². The van der Waals surface area contributed by atoms with Crippen molar-refractivity contribution >= 4 is 16.7 Å². The summed E-state index contributed by atoms with van der Waals surface area (Å²) in [6.07, 6.45) is 1.75. The van der Waals surface area contributed by atoms with Crippen LogP contribution in [0, 0.1) is 0 Å². The minimum Gasteiger partial charge on any atom is -0.494 e. The molecule has 0 aliphatic heterocycles. The number of Topliss-reactive ketones (excluding diaryl/α,β-unsaturated/α-hetero) is 1. The van der Waals surface area contributed by atoms with E-state index in [-0.39, 0.29) is 5.78 Å². The molecule has 4 nitrogen and oxygen atoms in total. The van der Waals surface area contributed by atoms with Crippen LogP contribution in [0.2, 0.25) is 0 Å². The fourth-order valence-electron chi connectivity index (χ4n) is 1.84. The van der Waals surface area contributed by atoms with Gasteiger partial charge in [0.05, 0.1) is 13.2 Å². The topological polar surface area (TPSA) is 54.1 Å². The molecule has 17 heavy (non-hydrogen) atoms. The molecule has 0 aliphatic carbocycles. The molecule has 0 bridgehead atoms. The van der Waals surface area contributed by atoms with Gasteiger partial charge in [-0.15, -0.1) is 0 Å². The Morgan fingerprint density at radius 1 is 1.47 bits per heavy atom. The quantitative estimate of drug-likeness (QED) is 0.775. The number of aromatic nitrogens is 1. The van der Waals surface area contributed by atoms with Gasteiger partial charge in [-0.05, 0) is 32.2 Å². The number of likely N-dealkylation sites (N-methyl/N-ethyl adjacent to an activating group) is 1. The summed E-state index contributed by atoms with van der Waals surface area (Å²) in [6, 6.07) is 5.73. The Bertz CT molecular complexity index is 531. The molecule has 90 valence electrons. The lowest BCUT2D eigenvalue weighted by molar-refractivity contribution is 0.0995. The lowest BCUT2D eigenvalue weighted by Gasteiger charge is -2.03. The Kier molecular flexibility index (Phi) is 3.44. The lowest BCUT2D eigenvalue weighted by Crippen LogP contribution is -2.18. The van der Waals surface area contributed by atoms with E-state index in [2.05, 4.69) is 10.3 Å². The van der Waals surface area contributed by atoms with E-state index in [0.717, 1.165) is 16.7 Å². The predicted octanol–water partition coefficient (Wildman–Crippen LogP) is 1.97. The third-order valence-corrected chi connectivity index (χ3v) is 2.60. The van der Waals surface area contributed by atoms with E-state index < -0.39 is 0 Å². The zero-order valence-electron chi connectivity index (χ0n) is 10.0. The Labute approximate surface area is 100.0 Å². The molecule has 0 unspecified atom stereocenters. The van der Waals surface area contributed by atoms with Gasteiger partial charge < -0.3 is 15.0 Å². The van der Waals surface area contributed by atoms with Crippen molar-refractivity contribution < 1.29 is 9.53 Å². The normalized spacial score (nSPS) is 10.7. The van der Waals surface area contributed by atoms with Crippen molar-refractivity contribution in [1.82, 2.24) is 10.3 Å². The molecule has 0 atom stereocenters. The van der Waals surface area contributed by atoms with Crippen LogP contribution in [0.1, 0.15) is 17.3 Å². The van der Waals surface area contributed by atoms with Crippen LogP contribution < -0.4 is 10.1 Å². The van der Waals surface area contributed by atoms with E-state index in [0.29, 0.717) is 18.7 Å². The number of hydrogen-bond acceptors (Lipinski definition) is 3. The zero-order chi connectivity index (χ0) is 12.3. The number of nitrogens with one attached hydrogen (secondary N) is 2. The predicted molar refractivity (Wildman–Crippen MR) is 67.7 cm³/mol. The lowest BCUT2D eigenvalue weighted by atomic mass is 10.1. The van der Waals surface area contributed by atoms with Gasteiger partial charge in [-0.3, -0.25) is 4.79 Å². The summed E-state index contributed by atoms with van der Waals surface area (Å²) >= 11 is 0. The largest absolute Gasteiger partial charge is 0.494 e. The SMILES string of the molecule is CCOc1ccc2[nH]cc(C(=O)CNC)c2c1. The first-order chi connectivity index (χ1) is 8.26. The first-order valence-electron chi connectivity index (χ1n) is 5.68. The maximum atomic E-state index is 11.9. The summed E-state index contributed by atoms with van der Waals surface area (Å²) in [6.45, 7) is 2.90. The van der Waals surface area contributed by atoms with Gasteiger partial charge >= 0.3 is 0 Å². The second kappa shape index (κ2) is 5.01. The third-order valence-electron chi connectivity index (χ3n) is 2.60. The summed E-state index contributed by atoms with van der Waals surface area (Å²) in [7, 11) is 1.76. The molecule has 2 N–H and O–H groups in total. The van der Waals surface area contributed by atoms with Gasteiger partial charge in [0.2, 0.25) is 0 Å². The number of benzene rings is 1. The molecule has 1 heterocycles. The summed E-state index contributed by atoms with van der Waals surface area (Å²) in [5.41, 5.74) is 1.66. The minimum atomic E-state index is 0.0763. The van der Waals surface area contributed by atoms with Gasteiger partial charge in [0.25, 0.3) is 0 Å². The highest BCUT2D eigenvalue weighted by Gasteiger charge is 2.11. The number of carbonyl (C=O) groups excluding carboxylic acids is 1. The Hall–Kier alpha value is -1.81. The number of hydrogen-bond donors (Lipinski definition) is 2. The molecule has 0 spiro atoms. The smallest absolute Gasteiger partial charge is 0.178 e. The highest BCUT2D eigenvalue weighted by atomic mass is 16.5. The van der Waals surface area contributed by atoms with Gasteiger partial charge in [0.1, 0.15) is 5.75 Å². The molecule has 2 aromatic rings. The third kappa shape index (κ3) is 2.31. The first kappa shape index (κ1) is 11.7. The fourth-order valence-corrected chi connectivity index (χ4v) is 1.84. The van der Waals surface area contributed by atoms with Gasteiger partial charge in [0.15, 0.2) is 5.78 Å². The summed E-state index contributed by atoms with van der Waals surface area (Å²) in [5, 5.41) is 3.78. The number of carbonyl (C=O) groups is 1. The van der Waals surface area contributed by atoms with Gasteiger partial charge in [-0.1, -0.05) is 0 Å². The molecular formula is C13H16N2O2. The van der Waals surface area contributed by atoms with Crippen LogP contribution in [0.4, 0.5) is 0 Å². The molecular weight excluding hydrogens is 216 g/mol. The minimum absolute atomic E-state index is 0.0763. The molecule has 0 aliphatic rings. The van der Waals surface area contributed by atoms with Crippen molar-refractivity contribution in [3.63, 3.8) is 0 Å². The van der Waals surface area contributed by atoms with E-state index in [4.69, 9.17) is 4.74 Å². The standard InChI is InChI=1S/C13H16N2O2/c1-3-17-9-4-5-12-10(6-9)11(7-15-12)13(16)8-14-2/h4-7,14-15H,3,8H2,1-2H3. The van der Waals surface area contributed by atoms with Crippen molar-refractivity contribution in [2.75, 3.05) is 20.2 Å². The summed E-state index contributed by atoms with van der Waals surface area (Å²) < 4.78 is 5.44. The molecule has 0 amide bonds. The average Bonchev–Trinajstić information content (AvgIpc) is 2.73. The molecule has 0 saturated carbocycles. The van der Waals surface area contributed by atoms with Crippen LogP contribution in [0.25, 0.3) is 10.9 Å². The van der Waals surface area contributed by atoms with Crippen molar-refractivity contribution in [2.24, 2.45) is 0 Å². The number of fused-ring (bicyclic) bond motifs is 1. The highest BCUT2D eigenvalue weighted by Crippen LogP contribution is 2.24. The molecule has 4 heteroatoms. The van der Waals surface area contributed by atoms with Crippen molar-refractivity contribution in [1.29, 1.82) is 0 Å². The summed E-state index contributed by atoms with van der Waals surface area (Å²) in [4.78, 5) is 15.0. The van der Waals surface area contributed by atoms with Gasteiger partial charge in [0, 0.05) is 22.7 Å². The molecule has 2 rings (SSSR count). The number of ketones is 1. The molecule has 0 saturated heterocycles. The summed E-state index contributed by atoms with van der Waals surface area (Å²) in [5.74, 6) is 0.866. The van der Waals surface area contributed by atoms with Crippen molar-refractivity contribution in [2.45, 2.75) is 6.92 Å². The Morgan fingerprint density at radius 3 is 3.00 bits per heavy atom. The van der Waals surface area contributed by atoms with Crippen LogP contribution >= 0.6 is 0 Å². The van der Waals surface area contributed by atoms with Crippen LogP contribution in [0.15, 0.2) is 24.4 Å². The van der Waals surface area contributed by atoms with Crippen LogP contribution in [-0.2, 0) is 0 Å². The van der Waals surface area contributed by atoms with Crippen LogP contribution in [0.3, 0.4) is 0 Å². The fraction of sp³-hybridized carbons (Fsp3) is 0.308. The maximum absolute atomic E-state index is 11.9. The monoisotopic (exact) mass is 232 g/mol.